The first kappa shape index (κ1) is 37.0. The molecule has 14 rings (SSSR count). The largest absolute Gasteiger partial charge is 0.313 e. The maximum Gasteiger partial charge on any atom is 0.0541 e. The van der Waals surface area contributed by atoms with Crippen LogP contribution in [0.15, 0.2) is 224 Å². The summed E-state index contributed by atoms with van der Waals surface area (Å²) >= 11 is 0. The van der Waals surface area contributed by atoms with Crippen molar-refractivity contribution in [2.75, 3.05) is 0 Å². The minimum Gasteiger partial charge on any atom is -0.313 e. The van der Waals surface area contributed by atoms with E-state index >= 15 is 0 Å². The molecule has 2 heteroatoms. The molecule has 11 aromatic carbocycles. The van der Waals surface area contributed by atoms with Gasteiger partial charge in [0.15, 0.2) is 0 Å². The van der Waals surface area contributed by atoms with E-state index in [1.165, 1.54) is 126 Å². The molecule has 2 aromatic heterocycles. The fraction of sp³-hybridized carbons (Fsp3) is 0.0312. The van der Waals surface area contributed by atoms with Crippen molar-refractivity contribution in [2.24, 2.45) is 0 Å². The zero-order chi connectivity index (χ0) is 43.3. The monoisotopic (exact) mass is 838 g/mol. The van der Waals surface area contributed by atoms with Crippen molar-refractivity contribution in [3.63, 3.8) is 0 Å². The summed E-state index contributed by atoms with van der Waals surface area (Å²) < 4.78 is 5.00. The van der Waals surface area contributed by atoms with Crippen molar-refractivity contribution in [2.45, 2.75) is 12.8 Å². The summed E-state index contributed by atoms with van der Waals surface area (Å²) in [5.41, 5.74) is 16.0. The molecule has 0 saturated carbocycles. The summed E-state index contributed by atoms with van der Waals surface area (Å²) in [4.78, 5) is 0. The second-order valence-electron chi connectivity index (χ2n) is 17.9. The normalized spacial score (nSPS) is 12.7. The third kappa shape index (κ3) is 5.55. The molecule has 2 nitrogen and oxygen atoms in total. The number of hydrogen-bond donors (Lipinski definition) is 0. The van der Waals surface area contributed by atoms with Gasteiger partial charge in [0.05, 0.1) is 16.6 Å². The lowest BCUT2D eigenvalue weighted by molar-refractivity contribution is 0.889. The van der Waals surface area contributed by atoms with Gasteiger partial charge in [0.25, 0.3) is 0 Å². The molecule has 0 bridgehead atoms. The van der Waals surface area contributed by atoms with E-state index in [1.54, 1.807) is 0 Å². The highest BCUT2D eigenvalue weighted by Gasteiger charge is 2.24. The van der Waals surface area contributed by atoms with E-state index in [0.29, 0.717) is 0 Å². The average Bonchev–Trinajstić information content (AvgIpc) is 3.90. The van der Waals surface area contributed by atoms with E-state index in [2.05, 4.69) is 240 Å². The lowest BCUT2D eigenvalue weighted by Crippen LogP contribution is -2.03. The molecule has 0 unspecified atom stereocenters. The highest BCUT2D eigenvalue weighted by Crippen LogP contribution is 2.49. The first-order valence-electron chi connectivity index (χ1n) is 23.1. The summed E-state index contributed by atoms with van der Waals surface area (Å²) in [7, 11) is 0. The van der Waals surface area contributed by atoms with Gasteiger partial charge in [0.2, 0.25) is 0 Å². The molecule has 308 valence electrons. The van der Waals surface area contributed by atoms with Crippen LogP contribution in [0.3, 0.4) is 0 Å². The third-order valence-corrected chi connectivity index (χ3v) is 14.3. The van der Waals surface area contributed by atoms with E-state index < -0.39 is 0 Å². The van der Waals surface area contributed by atoms with E-state index in [0.717, 1.165) is 18.5 Å². The van der Waals surface area contributed by atoms with Crippen molar-refractivity contribution >= 4 is 81.9 Å². The smallest absolute Gasteiger partial charge is 0.0541 e. The lowest BCUT2D eigenvalue weighted by Gasteiger charge is -2.23. The molecule has 1 aliphatic rings. The fourth-order valence-corrected chi connectivity index (χ4v) is 11.4. The van der Waals surface area contributed by atoms with Gasteiger partial charge in [-0.25, -0.2) is 0 Å². The van der Waals surface area contributed by atoms with Gasteiger partial charge in [-0.1, -0.05) is 170 Å². The highest BCUT2D eigenvalue weighted by atomic mass is 15.0. The summed E-state index contributed by atoms with van der Waals surface area (Å²) in [6, 6.07) is 81.6. The van der Waals surface area contributed by atoms with Gasteiger partial charge < -0.3 is 9.13 Å². The summed E-state index contributed by atoms with van der Waals surface area (Å²) in [5, 5.41) is 13.7. The minimum absolute atomic E-state index is 1.00. The molecule has 0 saturated heterocycles. The lowest BCUT2D eigenvalue weighted by atomic mass is 9.82. The topological polar surface area (TPSA) is 9.86 Å². The minimum atomic E-state index is 1.00. The van der Waals surface area contributed by atoms with Gasteiger partial charge in [-0.3, -0.25) is 0 Å². The Balaban J connectivity index is 1.17. The summed E-state index contributed by atoms with van der Waals surface area (Å²) in [5.74, 6) is 0. The Kier molecular flexibility index (Phi) is 8.14. The molecular weight excluding hydrogens is 797 g/mol. The first-order valence-corrected chi connectivity index (χ1v) is 23.1. The van der Waals surface area contributed by atoms with Crippen LogP contribution in [0, 0.1) is 0 Å². The predicted molar refractivity (Wildman–Crippen MR) is 281 cm³/mol. The van der Waals surface area contributed by atoms with E-state index in [1.807, 2.05) is 0 Å². The molecule has 2 heterocycles. The molecule has 0 spiro atoms. The molecule has 0 fully saturated rings. The van der Waals surface area contributed by atoms with Gasteiger partial charge in [-0.2, -0.15) is 0 Å². The van der Waals surface area contributed by atoms with Crippen LogP contribution in [0.5, 0.6) is 0 Å². The molecule has 13 aromatic rings. The SMILES string of the molecule is C1=Cc2c(n(-c3ccc4c(-c5cc6ccccc6cc5-c5ccccc5)c5cc(-n6c7ccccc7c7ccccc76)ccc5c(-c5ccc6ccccc6c5)c4c3)c3ccccc23)CC1. The van der Waals surface area contributed by atoms with Crippen LogP contribution in [0.1, 0.15) is 17.7 Å². The molecule has 0 N–H and O–H groups in total. The van der Waals surface area contributed by atoms with E-state index in [-0.39, 0.29) is 0 Å². The number of fused-ring (bicyclic) bond motifs is 10. The zero-order valence-corrected chi connectivity index (χ0v) is 36.2. The van der Waals surface area contributed by atoms with Crippen molar-refractivity contribution in [3.8, 4) is 44.8 Å². The number of benzene rings is 11. The number of nitrogens with zero attached hydrogens (tertiary/aromatic N) is 2. The van der Waals surface area contributed by atoms with E-state index in [9.17, 15) is 0 Å². The predicted octanol–water partition coefficient (Wildman–Crippen LogP) is 17.3. The quantitative estimate of drug-likeness (QED) is 0.153. The van der Waals surface area contributed by atoms with Gasteiger partial charge in [0, 0.05) is 38.8 Å². The van der Waals surface area contributed by atoms with Crippen molar-refractivity contribution in [1.29, 1.82) is 0 Å². The maximum absolute atomic E-state index is 2.54. The van der Waals surface area contributed by atoms with Gasteiger partial charge in [-0.05, 0) is 150 Å². The second kappa shape index (κ2) is 14.5. The summed E-state index contributed by atoms with van der Waals surface area (Å²) in [6.45, 7) is 0. The Morgan fingerprint density at radius 2 is 0.848 bits per heavy atom. The van der Waals surface area contributed by atoms with Crippen LogP contribution < -0.4 is 0 Å². The molecule has 1 aliphatic carbocycles. The fourth-order valence-electron chi connectivity index (χ4n) is 11.4. The number of hydrogen-bond acceptors (Lipinski definition) is 0. The Morgan fingerprint density at radius 1 is 0.318 bits per heavy atom. The standard InChI is InChI=1S/C64H42N2/c1-2-17-42(18-3-1)55-37-44-20-6-7-21-45(44)38-56(55)64-54-35-33-47(65-59-26-12-8-22-49(59)50-23-9-13-27-60(50)65)39-57(54)63(46-31-30-41-16-4-5-19-43(41)36-46)53-34-32-48(40-58(53)64)66-61-28-14-10-24-51(61)52-25-11-15-29-62(52)66/h1-12,14-26,28-40H,13,27H2. The Morgan fingerprint density at radius 3 is 1.55 bits per heavy atom. The highest BCUT2D eigenvalue weighted by molar-refractivity contribution is 6.24. The molecule has 0 atom stereocenters. The second-order valence-corrected chi connectivity index (χ2v) is 17.9. The maximum atomic E-state index is 2.54. The third-order valence-electron chi connectivity index (χ3n) is 14.3. The number of para-hydroxylation sites is 3. The molecule has 0 aliphatic heterocycles. The number of allylic oxidation sites excluding steroid dienone is 1. The van der Waals surface area contributed by atoms with Crippen LogP contribution in [0.2, 0.25) is 0 Å². The van der Waals surface area contributed by atoms with Crippen molar-refractivity contribution in [3.05, 3.63) is 236 Å². The van der Waals surface area contributed by atoms with Gasteiger partial charge in [0.1, 0.15) is 0 Å². The van der Waals surface area contributed by atoms with Crippen molar-refractivity contribution < 1.29 is 0 Å². The first-order chi connectivity index (χ1) is 32.7. The Labute approximate surface area is 382 Å². The van der Waals surface area contributed by atoms with Crippen LogP contribution in [0.4, 0.5) is 0 Å². The van der Waals surface area contributed by atoms with Crippen LogP contribution in [-0.4, -0.2) is 9.13 Å². The number of aromatic nitrogens is 2. The molecule has 0 amide bonds. The molecule has 66 heavy (non-hydrogen) atoms. The van der Waals surface area contributed by atoms with Gasteiger partial charge in [-0.15, -0.1) is 0 Å². The summed E-state index contributed by atoms with van der Waals surface area (Å²) in [6.07, 6.45) is 6.70. The molecular formula is C64H42N2. The zero-order valence-electron chi connectivity index (χ0n) is 36.2. The molecule has 0 radical (unpaired) electrons. The van der Waals surface area contributed by atoms with E-state index in [4.69, 9.17) is 0 Å². The Bertz CT molecular complexity index is 4110. The van der Waals surface area contributed by atoms with Crippen molar-refractivity contribution in [1.82, 2.24) is 9.13 Å². The van der Waals surface area contributed by atoms with Crippen LogP contribution in [-0.2, 0) is 6.42 Å². The van der Waals surface area contributed by atoms with Gasteiger partial charge >= 0.3 is 0 Å². The Hall–Kier alpha value is -8.46. The average molecular weight is 839 g/mol. The number of rotatable bonds is 5. The van der Waals surface area contributed by atoms with Crippen LogP contribution in [0.25, 0.3) is 127 Å². The van der Waals surface area contributed by atoms with Crippen LogP contribution >= 0.6 is 0 Å².